The van der Waals surface area contributed by atoms with Crippen molar-refractivity contribution in [1.29, 1.82) is 0 Å². The first-order valence-electron chi connectivity index (χ1n) is 9.25. The second-order valence-corrected chi connectivity index (χ2v) is 7.11. The van der Waals surface area contributed by atoms with E-state index in [1.807, 2.05) is 24.3 Å². The molecule has 4 heteroatoms. The van der Waals surface area contributed by atoms with Crippen molar-refractivity contribution in [2.24, 2.45) is 0 Å². The quantitative estimate of drug-likeness (QED) is 0.257. The summed E-state index contributed by atoms with van der Waals surface area (Å²) in [5, 5.41) is 16.8. The molecule has 1 aromatic heterocycles. The van der Waals surface area contributed by atoms with Gasteiger partial charge in [0.25, 0.3) is 0 Å². The van der Waals surface area contributed by atoms with Crippen LogP contribution >= 0.6 is 0 Å². The van der Waals surface area contributed by atoms with Crippen LogP contribution in [0.5, 0.6) is 5.75 Å². The molecule has 0 amide bonds. The topological polar surface area (TPSA) is 67.5 Å². The Bertz CT molecular complexity index is 1490. The molecule has 0 spiro atoms. The second kappa shape index (κ2) is 6.31. The summed E-state index contributed by atoms with van der Waals surface area (Å²) in [6, 6.07) is 19.8. The fraction of sp³-hybridized carbons (Fsp3) is 0.0400. The average molecular weight is 380 g/mol. The van der Waals surface area contributed by atoms with Gasteiger partial charge in [0.2, 0.25) is 0 Å². The first-order valence-corrected chi connectivity index (χ1v) is 9.25. The molecule has 0 fully saturated rings. The van der Waals surface area contributed by atoms with Gasteiger partial charge in [-0.05, 0) is 50.9 Å². The summed E-state index contributed by atoms with van der Waals surface area (Å²) in [5.74, 6) is -0.717. The van der Waals surface area contributed by atoms with Crippen LogP contribution in [0.4, 0.5) is 0 Å². The zero-order chi connectivity index (χ0) is 20.1. The zero-order valence-corrected chi connectivity index (χ0v) is 15.6. The highest BCUT2D eigenvalue weighted by atomic mass is 16.4. The molecule has 0 aliphatic heterocycles. The molecule has 0 bridgehead atoms. The van der Waals surface area contributed by atoms with E-state index in [-0.39, 0.29) is 17.1 Å². The SMILES string of the molecule is Cc1cc(O)c(C(=O)/C=C/c2ccc3ccc4cccc5ccc2c3c45)c(=O)o1. The summed E-state index contributed by atoms with van der Waals surface area (Å²) in [6.45, 7) is 1.54. The standard InChI is InChI=1S/C25H16O4/c1-14-13-21(27)24(25(28)29-14)20(26)12-10-15-5-6-18-8-7-16-3-2-4-17-9-11-19(15)23(18)22(16)17/h2-13,27H,1H3/b12-10+. The Morgan fingerprint density at radius 2 is 1.59 bits per heavy atom. The zero-order valence-electron chi connectivity index (χ0n) is 15.6. The maximum absolute atomic E-state index is 12.5. The van der Waals surface area contributed by atoms with E-state index in [2.05, 4.69) is 30.3 Å². The molecule has 5 aromatic rings. The fourth-order valence-electron chi connectivity index (χ4n) is 3.97. The molecular formula is C25H16O4. The van der Waals surface area contributed by atoms with E-state index < -0.39 is 11.4 Å². The third-order valence-corrected chi connectivity index (χ3v) is 5.28. The molecule has 140 valence electrons. The van der Waals surface area contributed by atoms with Crippen molar-refractivity contribution >= 4 is 44.2 Å². The summed E-state index contributed by atoms with van der Waals surface area (Å²) in [6.07, 6.45) is 2.97. The van der Waals surface area contributed by atoms with E-state index in [1.165, 1.54) is 35.2 Å². The third-order valence-electron chi connectivity index (χ3n) is 5.28. The van der Waals surface area contributed by atoms with E-state index in [9.17, 15) is 14.7 Å². The highest BCUT2D eigenvalue weighted by molar-refractivity contribution is 6.24. The lowest BCUT2D eigenvalue weighted by Gasteiger charge is -2.12. The molecule has 0 saturated carbocycles. The average Bonchev–Trinajstić information content (AvgIpc) is 2.70. The van der Waals surface area contributed by atoms with Gasteiger partial charge in [-0.25, -0.2) is 4.79 Å². The molecule has 0 radical (unpaired) electrons. The van der Waals surface area contributed by atoms with Crippen LogP contribution in [-0.4, -0.2) is 10.9 Å². The van der Waals surface area contributed by atoms with Crippen LogP contribution in [0.15, 0.2) is 76.0 Å². The first kappa shape index (κ1) is 17.2. The van der Waals surface area contributed by atoms with Crippen LogP contribution in [0.1, 0.15) is 21.7 Å². The maximum atomic E-state index is 12.5. The fourth-order valence-corrected chi connectivity index (χ4v) is 3.97. The van der Waals surface area contributed by atoms with Gasteiger partial charge in [0.05, 0.1) is 0 Å². The van der Waals surface area contributed by atoms with Crippen LogP contribution in [0, 0.1) is 6.92 Å². The number of ketones is 1. The van der Waals surface area contributed by atoms with Gasteiger partial charge in [-0.3, -0.25) is 4.79 Å². The minimum atomic E-state index is -0.840. The number of carbonyl (C=O) groups excluding carboxylic acids is 1. The van der Waals surface area contributed by atoms with Crippen molar-refractivity contribution in [3.8, 4) is 5.75 Å². The predicted octanol–water partition coefficient (Wildman–Crippen LogP) is 5.45. The second-order valence-electron chi connectivity index (χ2n) is 7.11. The molecule has 29 heavy (non-hydrogen) atoms. The Labute approximate surface area is 165 Å². The predicted molar refractivity (Wildman–Crippen MR) is 115 cm³/mol. The summed E-state index contributed by atoms with van der Waals surface area (Å²) in [4.78, 5) is 24.5. The first-order chi connectivity index (χ1) is 14.0. The maximum Gasteiger partial charge on any atom is 0.351 e. The molecule has 0 saturated heterocycles. The number of hydrogen-bond acceptors (Lipinski definition) is 4. The third kappa shape index (κ3) is 2.69. The number of hydrogen-bond donors (Lipinski definition) is 1. The van der Waals surface area contributed by atoms with Crippen LogP contribution < -0.4 is 5.63 Å². The van der Waals surface area contributed by atoms with Crippen molar-refractivity contribution in [3.05, 3.63) is 94.0 Å². The van der Waals surface area contributed by atoms with E-state index in [0.29, 0.717) is 0 Å². The number of carbonyl (C=O) groups is 1. The van der Waals surface area contributed by atoms with Crippen LogP contribution in [-0.2, 0) is 0 Å². The lowest BCUT2D eigenvalue weighted by atomic mass is 9.92. The molecular weight excluding hydrogens is 364 g/mol. The normalized spacial score (nSPS) is 11.9. The van der Waals surface area contributed by atoms with Gasteiger partial charge in [0, 0.05) is 6.07 Å². The Hall–Kier alpha value is -3.92. The Kier molecular flexibility index (Phi) is 3.74. The molecule has 4 aromatic carbocycles. The minimum absolute atomic E-state index is 0.250. The summed E-state index contributed by atoms with van der Waals surface area (Å²) < 4.78 is 4.94. The number of benzene rings is 4. The van der Waals surface area contributed by atoms with Gasteiger partial charge < -0.3 is 9.52 Å². The number of rotatable bonds is 3. The Morgan fingerprint density at radius 1 is 0.931 bits per heavy atom. The van der Waals surface area contributed by atoms with Gasteiger partial charge in [-0.1, -0.05) is 60.7 Å². The molecule has 1 heterocycles. The van der Waals surface area contributed by atoms with Crippen molar-refractivity contribution < 1.29 is 14.3 Å². The highest BCUT2D eigenvalue weighted by Crippen LogP contribution is 2.36. The molecule has 0 aliphatic carbocycles. The Balaban J connectivity index is 1.66. The van der Waals surface area contributed by atoms with Gasteiger partial charge in [-0.2, -0.15) is 0 Å². The number of allylic oxidation sites excluding steroid dienone is 1. The van der Waals surface area contributed by atoms with Crippen molar-refractivity contribution in [2.45, 2.75) is 6.92 Å². The summed E-state index contributed by atoms with van der Waals surface area (Å²) >= 11 is 0. The van der Waals surface area contributed by atoms with E-state index in [4.69, 9.17) is 4.42 Å². The molecule has 0 atom stereocenters. The minimum Gasteiger partial charge on any atom is -0.507 e. The monoisotopic (exact) mass is 380 g/mol. The molecule has 5 rings (SSSR count). The largest absolute Gasteiger partial charge is 0.507 e. The lowest BCUT2D eigenvalue weighted by molar-refractivity contribution is 0.104. The van der Waals surface area contributed by atoms with Crippen molar-refractivity contribution in [2.75, 3.05) is 0 Å². The van der Waals surface area contributed by atoms with E-state index in [1.54, 1.807) is 6.08 Å². The van der Waals surface area contributed by atoms with Gasteiger partial charge in [0.15, 0.2) is 5.78 Å². The van der Waals surface area contributed by atoms with Crippen LogP contribution in [0.25, 0.3) is 38.4 Å². The van der Waals surface area contributed by atoms with Crippen molar-refractivity contribution in [3.63, 3.8) is 0 Å². The molecule has 4 nitrogen and oxygen atoms in total. The summed E-state index contributed by atoms with van der Waals surface area (Å²) in [5.41, 5.74) is -0.336. The van der Waals surface area contributed by atoms with Gasteiger partial charge in [-0.15, -0.1) is 0 Å². The Morgan fingerprint density at radius 3 is 2.31 bits per heavy atom. The summed E-state index contributed by atoms with van der Waals surface area (Å²) in [7, 11) is 0. The molecule has 0 aliphatic rings. The van der Waals surface area contributed by atoms with Crippen LogP contribution in [0.2, 0.25) is 0 Å². The highest BCUT2D eigenvalue weighted by Gasteiger charge is 2.16. The van der Waals surface area contributed by atoms with Gasteiger partial charge in [0.1, 0.15) is 17.1 Å². The van der Waals surface area contributed by atoms with E-state index in [0.717, 1.165) is 21.7 Å². The molecule has 0 unspecified atom stereocenters. The smallest absolute Gasteiger partial charge is 0.351 e. The number of aryl methyl sites for hydroxylation is 1. The van der Waals surface area contributed by atoms with Gasteiger partial charge >= 0.3 is 5.63 Å². The van der Waals surface area contributed by atoms with E-state index >= 15 is 0 Å². The number of aromatic hydroxyl groups is 1. The molecule has 1 N–H and O–H groups in total. The van der Waals surface area contributed by atoms with Crippen LogP contribution in [0.3, 0.4) is 0 Å². The lowest BCUT2D eigenvalue weighted by Crippen LogP contribution is -2.12. The van der Waals surface area contributed by atoms with Crippen molar-refractivity contribution in [1.82, 2.24) is 0 Å².